The van der Waals surface area contributed by atoms with E-state index in [4.69, 9.17) is 4.74 Å². The number of rotatable bonds is 5. The number of amides is 1. The minimum Gasteiger partial charge on any atom is -0.497 e. The Bertz CT molecular complexity index is 462. The lowest BCUT2D eigenvalue weighted by molar-refractivity contribution is -0.121. The van der Waals surface area contributed by atoms with E-state index in [0.717, 1.165) is 38.8 Å². The molecular formula is C17H25NO2. The van der Waals surface area contributed by atoms with Gasteiger partial charge in [0.2, 0.25) is 5.91 Å². The van der Waals surface area contributed by atoms with E-state index in [9.17, 15) is 4.79 Å². The van der Waals surface area contributed by atoms with E-state index >= 15 is 0 Å². The second-order valence-electron chi connectivity index (χ2n) is 6.14. The number of carbonyl (C=O) groups excluding carboxylic acids is 1. The van der Waals surface area contributed by atoms with Gasteiger partial charge in [-0.1, -0.05) is 12.5 Å². The number of nitrogens with one attached hydrogen (secondary N) is 1. The molecule has 110 valence electrons. The fourth-order valence-electron chi connectivity index (χ4n) is 3.90. The molecule has 0 fully saturated rings. The molecule has 0 saturated carbocycles. The van der Waals surface area contributed by atoms with E-state index in [1.54, 1.807) is 11.1 Å². The van der Waals surface area contributed by atoms with Crippen LogP contribution in [0.15, 0.2) is 22.5 Å². The molecule has 0 aromatic carbocycles. The van der Waals surface area contributed by atoms with Crippen molar-refractivity contribution in [3.8, 4) is 0 Å². The van der Waals surface area contributed by atoms with Crippen molar-refractivity contribution in [3.63, 3.8) is 0 Å². The Morgan fingerprint density at radius 3 is 3.05 bits per heavy atom. The predicted molar refractivity (Wildman–Crippen MR) is 79.1 cm³/mol. The van der Waals surface area contributed by atoms with Crippen molar-refractivity contribution in [1.82, 2.24) is 5.32 Å². The highest BCUT2D eigenvalue weighted by Gasteiger charge is 2.34. The first kappa shape index (κ1) is 13.7. The average molecular weight is 275 g/mol. The van der Waals surface area contributed by atoms with Gasteiger partial charge in [0.15, 0.2) is 0 Å². The van der Waals surface area contributed by atoms with Crippen LogP contribution in [0.2, 0.25) is 0 Å². The molecule has 1 N–H and O–H groups in total. The van der Waals surface area contributed by atoms with Crippen molar-refractivity contribution in [1.29, 1.82) is 0 Å². The molecule has 3 aliphatic rings. The maximum atomic E-state index is 11.5. The maximum Gasteiger partial charge on any atom is 0.219 e. The second-order valence-corrected chi connectivity index (χ2v) is 6.14. The molecule has 3 nitrogen and oxygen atoms in total. The first-order valence-corrected chi connectivity index (χ1v) is 8.13. The molecule has 20 heavy (non-hydrogen) atoms. The van der Waals surface area contributed by atoms with Crippen LogP contribution < -0.4 is 5.32 Å². The van der Waals surface area contributed by atoms with Crippen LogP contribution in [0.3, 0.4) is 0 Å². The Balaban J connectivity index is 1.59. The van der Waals surface area contributed by atoms with Crippen LogP contribution in [0.25, 0.3) is 0 Å². The Hall–Kier alpha value is -1.25. The molecule has 1 unspecified atom stereocenters. The molecule has 1 atom stereocenters. The highest BCUT2D eigenvalue weighted by molar-refractivity contribution is 5.75. The Morgan fingerprint density at radius 2 is 2.20 bits per heavy atom. The highest BCUT2D eigenvalue weighted by atomic mass is 16.5. The Kier molecular flexibility index (Phi) is 4.13. The molecule has 0 spiro atoms. The van der Waals surface area contributed by atoms with Crippen molar-refractivity contribution in [2.75, 3.05) is 13.2 Å². The van der Waals surface area contributed by atoms with Crippen molar-refractivity contribution in [3.05, 3.63) is 22.5 Å². The van der Waals surface area contributed by atoms with E-state index in [-0.39, 0.29) is 5.91 Å². The molecule has 3 heteroatoms. The molecule has 0 radical (unpaired) electrons. The summed E-state index contributed by atoms with van der Waals surface area (Å²) in [6.45, 7) is 3.74. The summed E-state index contributed by atoms with van der Waals surface area (Å²) in [5, 5.41) is 3.06. The SMILES string of the molecule is CCCC(=O)NCCC1CCC2=C1C1=C(CC2)OCC1. The number of fused-ring (bicyclic) bond motifs is 1. The van der Waals surface area contributed by atoms with Gasteiger partial charge in [-0.25, -0.2) is 0 Å². The van der Waals surface area contributed by atoms with Crippen LogP contribution in [0.4, 0.5) is 0 Å². The molecule has 0 aromatic rings. The van der Waals surface area contributed by atoms with Crippen LogP contribution in [0.5, 0.6) is 0 Å². The quantitative estimate of drug-likeness (QED) is 0.834. The normalized spacial score (nSPS) is 24.6. The van der Waals surface area contributed by atoms with Crippen molar-refractivity contribution in [2.24, 2.45) is 5.92 Å². The zero-order valence-electron chi connectivity index (χ0n) is 12.5. The van der Waals surface area contributed by atoms with Gasteiger partial charge in [0.1, 0.15) is 0 Å². The van der Waals surface area contributed by atoms with Gasteiger partial charge in [0, 0.05) is 25.8 Å². The summed E-state index contributed by atoms with van der Waals surface area (Å²) >= 11 is 0. The molecule has 1 amide bonds. The zero-order chi connectivity index (χ0) is 13.9. The van der Waals surface area contributed by atoms with Crippen LogP contribution in [0.1, 0.15) is 58.3 Å². The lowest BCUT2D eigenvalue weighted by Gasteiger charge is -2.21. The lowest BCUT2D eigenvalue weighted by Crippen LogP contribution is -2.25. The Morgan fingerprint density at radius 1 is 1.30 bits per heavy atom. The zero-order valence-corrected chi connectivity index (χ0v) is 12.5. The molecular weight excluding hydrogens is 250 g/mol. The number of hydrogen-bond acceptors (Lipinski definition) is 2. The fraction of sp³-hybridized carbons (Fsp3) is 0.706. The highest BCUT2D eigenvalue weighted by Crippen LogP contribution is 2.48. The standard InChI is InChI=1S/C17H25NO2/c1-2-3-16(19)18-10-8-13-5-4-12-6-7-15-14(17(12)13)9-11-20-15/h13H,2-11H2,1H3,(H,18,19). The summed E-state index contributed by atoms with van der Waals surface area (Å²) in [5.41, 5.74) is 4.82. The summed E-state index contributed by atoms with van der Waals surface area (Å²) in [5.74, 6) is 2.12. The van der Waals surface area contributed by atoms with E-state index in [1.807, 2.05) is 6.92 Å². The topological polar surface area (TPSA) is 38.3 Å². The molecule has 3 rings (SSSR count). The number of carbonyl (C=O) groups is 1. The van der Waals surface area contributed by atoms with E-state index in [2.05, 4.69) is 5.32 Å². The second kappa shape index (κ2) is 6.02. The minimum atomic E-state index is 0.201. The summed E-state index contributed by atoms with van der Waals surface area (Å²) in [7, 11) is 0. The predicted octanol–water partition coefficient (Wildman–Crippen LogP) is 3.47. The summed E-state index contributed by atoms with van der Waals surface area (Å²) < 4.78 is 5.76. The van der Waals surface area contributed by atoms with E-state index < -0.39 is 0 Å². The van der Waals surface area contributed by atoms with Crippen molar-refractivity contribution in [2.45, 2.75) is 58.3 Å². The number of ether oxygens (including phenoxy) is 1. The molecule has 0 saturated heterocycles. The number of allylic oxidation sites excluding steroid dienone is 3. The molecule has 0 aromatic heterocycles. The maximum absolute atomic E-state index is 11.5. The van der Waals surface area contributed by atoms with Gasteiger partial charge in [-0.3, -0.25) is 4.79 Å². The van der Waals surface area contributed by atoms with Crippen molar-refractivity contribution < 1.29 is 9.53 Å². The monoisotopic (exact) mass is 275 g/mol. The summed E-state index contributed by atoms with van der Waals surface area (Å²) in [6, 6.07) is 0. The van der Waals surface area contributed by atoms with Gasteiger partial charge >= 0.3 is 0 Å². The van der Waals surface area contributed by atoms with Gasteiger partial charge in [0.25, 0.3) is 0 Å². The van der Waals surface area contributed by atoms with Gasteiger partial charge in [-0.2, -0.15) is 0 Å². The van der Waals surface area contributed by atoms with Gasteiger partial charge < -0.3 is 10.1 Å². The minimum absolute atomic E-state index is 0.201. The first-order chi connectivity index (χ1) is 9.79. The van der Waals surface area contributed by atoms with E-state index in [1.165, 1.54) is 30.6 Å². The van der Waals surface area contributed by atoms with Crippen LogP contribution in [-0.4, -0.2) is 19.1 Å². The van der Waals surface area contributed by atoms with Gasteiger partial charge in [-0.05, 0) is 49.2 Å². The largest absolute Gasteiger partial charge is 0.497 e. The van der Waals surface area contributed by atoms with E-state index in [0.29, 0.717) is 12.3 Å². The lowest BCUT2D eigenvalue weighted by atomic mass is 9.85. The molecule has 1 aliphatic heterocycles. The molecule has 1 heterocycles. The third kappa shape index (κ3) is 2.63. The van der Waals surface area contributed by atoms with Crippen LogP contribution in [0, 0.1) is 5.92 Å². The smallest absolute Gasteiger partial charge is 0.219 e. The van der Waals surface area contributed by atoms with Gasteiger partial charge in [0.05, 0.1) is 12.4 Å². The Labute approximate surface area is 121 Å². The first-order valence-electron chi connectivity index (χ1n) is 8.13. The summed E-state index contributed by atoms with van der Waals surface area (Å²) in [6.07, 6.45) is 8.63. The van der Waals surface area contributed by atoms with Crippen molar-refractivity contribution >= 4 is 5.91 Å². The third-order valence-electron chi connectivity index (χ3n) is 4.82. The molecule has 0 bridgehead atoms. The summed E-state index contributed by atoms with van der Waals surface area (Å²) in [4.78, 5) is 11.5. The fourth-order valence-corrected chi connectivity index (χ4v) is 3.90. The van der Waals surface area contributed by atoms with Crippen LogP contribution >= 0.6 is 0 Å². The van der Waals surface area contributed by atoms with Crippen LogP contribution in [-0.2, 0) is 9.53 Å². The third-order valence-corrected chi connectivity index (χ3v) is 4.82. The molecule has 2 aliphatic carbocycles. The van der Waals surface area contributed by atoms with Gasteiger partial charge in [-0.15, -0.1) is 0 Å². The number of hydrogen-bond donors (Lipinski definition) is 1. The average Bonchev–Trinajstić information content (AvgIpc) is 3.04.